The lowest BCUT2D eigenvalue weighted by molar-refractivity contribution is 0.0266. The zero-order valence-corrected chi connectivity index (χ0v) is 16.8. The van der Waals surface area contributed by atoms with Gasteiger partial charge in [0.05, 0.1) is 6.10 Å². The minimum absolute atomic E-state index is 0.302. The molecule has 2 N–H and O–H groups in total. The molecule has 1 saturated heterocycles. The summed E-state index contributed by atoms with van der Waals surface area (Å²) >= 11 is 0. The highest BCUT2D eigenvalue weighted by Crippen LogP contribution is 2.13. The highest BCUT2D eigenvalue weighted by Gasteiger charge is 2.21. The minimum Gasteiger partial charge on any atom is -0.378 e. The van der Waals surface area contributed by atoms with Crippen LogP contribution in [0.4, 0.5) is 0 Å². The molecule has 0 bridgehead atoms. The number of hydrogen-bond donors (Lipinski definition) is 2. The second-order valence-electron chi connectivity index (χ2n) is 7.34. The minimum atomic E-state index is 0.302. The standard InChI is InChI=1S/C19H40N4O/c1-7-20-19(21-12-9-18(15(3)4)24-8-2)22-17-10-13-23(14-11-17)16(5)6/h15-18H,7-14H2,1-6H3,(H2,20,21,22). The fourth-order valence-electron chi connectivity index (χ4n) is 3.20. The Bertz CT molecular complexity index is 349. The van der Waals surface area contributed by atoms with Crippen molar-refractivity contribution in [1.82, 2.24) is 15.5 Å². The molecule has 1 aliphatic rings. The van der Waals surface area contributed by atoms with Crippen LogP contribution in [0.5, 0.6) is 0 Å². The smallest absolute Gasteiger partial charge is 0.191 e. The topological polar surface area (TPSA) is 48.9 Å². The molecule has 1 atom stereocenters. The molecule has 0 aromatic carbocycles. The summed E-state index contributed by atoms with van der Waals surface area (Å²) in [4.78, 5) is 7.32. The molecular weight excluding hydrogens is 300 g/mol. The van der Waals surface area contributed by atoms with Crippen LogP contribution in [0.15, 0.2) is 4.99 Å². The summed E-state index contributed by atoms with van der Waals surface area (Å²) in [5.74, 6) is 1.50. The van der Waals surface area contributed by atoms with Gasteiger partial charge in [0.25, 0.3) is 0 Å². The van der Waals surface area contributed by atoms with Crippen molar-refractivity contribution in [1.29, 1.82) is 0 Å². The molecule has 0 spiro atoms. The van der Waals surface area contributed by atoms with E-state index in [1.165, 1.54) is 25.9 Å². The molecule has 5 nitrogen and oxygen atoms in total. The van der Waals surface area contributed by atoms with Gasteiger partial charge in [0.2, 0.25) is 0 Å². The van der Waals surface area contributed by atoms with Gasteiger partial charge in [-0.25, -0.2) is 0 Å². The number of piperidine rings is 1. The van der Waals surface area contributed by atoms with E-state index in [1.54, 1.807) is 0 Å². The van der Waals surface area contributed by atoms with Crippen molar-refractivity contribution in [3.8, 4) is 0 Å². The van der Waals surface area contributed by atoms with Crippen LogP contribution in [0, 0.1) is 5.92 Å². The second kappa shape index (κ2) is 11.7. The number of likely N-dealkylation sites (tertiary alicyclic amines) is 1. The Morgan fingerprint density at radius 2 is 1.83 bits per heavy atom. The monoisotopic (exact) mass is 340 g/mol. The Morgan fingerprint density at radius 1 is 1.17 bits per heavy atom. The predicted molar refractivity (Wildman–Crippen MR) is 104 cm³/mol. The van der Waals surface area contributed by atoms with E-state index < -0.39 is 0 Å². The van der Waals surface area contributed by atoms with E-state index in [2.05, 4.69) is 57.1 Å². The van der Waals surface area contributed by atoms with Crippen molar-refractivity contribution in [3.05, 3.63) is 0 Å². The molecule has 0 aromatic rings. The number of ether oxygens (including phenoxy) is 1. The van der Waals surface area contributed by atoms with Gasteiger partial charge in [0.15, 0.2) is 5.96 Å². The molecule has 1 rings (SSSR count). The Morgan fingerprint density at radius 3 is 2.33 bits per heavy atom. The average Bonchev–Trinajstić information content (AvgIpc) is 2.54. The number of hydrogen-bond acceptors (Lipinski definition) is 3. The third-order valence-corrected chi connectivity index (χ3v) is 4.75. The Balaban J connectivity index is 2.45. The van der Waals surface area contributed by atoms with E-state index >= 15 is 0 Å². The van der Waals surface area contributed by atoms with Crippen LogP contribution in [-0.2, 0) is 4.74 Å². The molecule has 1 unspecified atom stereocenters. The molecule has 0 amide bonds. The lowest BCUT2D eigenvalue weighted by Crippen LogP contribution is -2.49. The normalized spacial score (nSPS) is 19.1. The Hall–Kier alpha value is -0.810. The van der Waals surface area contributed by atoms with E-state index in [4.69, 9.17) is 9.73 Å². The number of nitrogens with zero attached hydrogens (tertiary/aromatic N) is 2. The van der Waals surface area contributed by atoms with Gasteiger partial charge < -0.3 is 20.3 Å². The van der Waals surface area contributed by atoms with E-state index in [9.17, 15) is 0 Å². The number of nitrogens with one attached hydrogen (secondary N) is 2. The SMILES string of the molecule is CCNC(=NCCC(OCC)C(C)C)NC1CCN(C(C)C)CC1. The van der Waals surface area contributed by atoms with Crippen LogP contribution < -0.4 is 10.6 Å². The van der Waals surface area contributed by atoms with Crippen LogP contribution in [0.3, 0.4) is 0 Å². The molecule has 0 aromatic heterocycles. The van der Waals surface area contributed by atoms with Gasteiger partial charge >= 0.3 is 0 Å². The zero-order chi connectivity index (χ0) is 17.9. The summed E-state index contributed by atoms with van der Waals surface area (Å²) in [6.45, 7) is 18.0. The first-order valence-electron chi connectivity index (χ1n) is 9.88. The molecule has 1 heterocycles. The second-order valence-corrected chi connectivity index (χ2v) is 7.34. The van der Waals surface area contributed by atoms with E-state index in [0.29, 0.717) is 24.1 Å². The summed E-state index contributed by atoms with van der Waals surface area (Å²) in [6, 6.07) is 1.19. The van der Waals surface area contributed by atoms with Gasteiger partial charge in [-0.1, -0.05) is 13.8 Å². The fourth-order valence-corrected chi connectivity index (χ4v) is 3.20. The maximum atomic E-state index is 5.81. The van der Waals surface area contributed by atoms with Crippen molar-refractivity contribution in [2.75, 3.05) is 32.8 Å². The van der Waals surface area contributed by atoms with Crippen LogP contribution in [0.2, 0.25) is 0 Å². The van der Waals surface area contributed by atoms with Crippen molar-refractivity contribution < 1.29 is 4.74 Å². The van der Waals surface area contributed by atoms with Gasteiger partial charge in [-0.3, -0.25) is 4.99 Å². The van der Waals surface area contributed by atoms with Gasteiger partial charge in [-0.2, -0.15) is 0 Å². The van der Waals surface area contributed by atoms with Crippen molar-refractivity contribution >= 4 is 5.96 Å². The third-order valence-electron chi connectivity index (χ3n) is 4.75. The Labute approximate surface area is 149 Å². The van der Waals surface area contributed by atoms with Crippen LogP contribution >= 0.6 is 0 Å². The van der Waals surface area contributed by atoms with Crippen molar-refractivity contribution in [3.63, 3.8) is 0 Å². The lowest BCUT2D eigenvalue weighted by atomic mass is 10.0. The molecule has 0 aliphatic carbocycles. The van der Waals surface area contributed by atoms with Crippen molar-refractivity contribution in [2.24, 2.45) is 10.9 Å². The van der Waals surface area contributed by atoms with Crippen molar-refractivity contribution in [2.45, 2.75) is 79.0 Å². The zero-order valence-electron chi connectivity index (χ0n) is 16.8. The van der Waals surface area contributed by atoms with Crippen LogP contribution in [0.25, 0.3) is 0 Å². The molecule has 1 fully saturated rings. The predicted octanol–water partition coefficient (Wildman–Crippen LogP) is 2.87. The summed E-state index contributed by atoms with van der Waals surface area (Å²) < 4.78 is 5.81. The molecule has 142 valence electrons. The van der Waals surface area contributed by atoms with Gasteiger partial charge in [-0.05, 0) is 52.9 Å². The molecule has 1 aliphatic heterocycles. The first-order valence-corrected chi connectivity index (χ1v) is 9.88. The lowest BCUT2D eigenvalue weighted by Gasteiger charge is -2.35. The maximum absolute atomic E-state index is 5.81. The molecule has 0 saturated carbocycles. The first kappa shape index (κ1) is 21.2. The summed E-state index contributed by atoms with van der Waals surface area (Å²) in [5, 5.41) is 7.01. The fraction of sp³-hybridized carbons (Fsp3) is 0.947. The van der Waals surface area contributed by atoms with Gasteiger partial charge in [-0.15, -0.1) is 0 Å². The maximum Gasteiger partial charge on any atom is 0.191 e. The molecular formula is C19H40N4O. The highest BCUT2D eigenvalue weighted by molar-refractivity contribution is 5.80. The number of rotatable bonds is 9. The largest absolute Gasteiger partial charge is 0.378 e. The van der Waals surface area contributed by atoms with Crippen LogP contribution in [-0.4, -0.2) is 61.8 Å². The molecule has 24 heavy (non-hydrogen) atoms. The number of guanidine groups is 1. The number of aliphatic imine (C=N–C) groups is 1. The third kappa shape index (κ3) is 7.84. The van der Waals surface area contributed by atoms with E-state index in [0.717, 1.165) is 32.1 Å². The highest BCUT2D eigenvalue weighted by atomic mass is 16.5. The van der Waals surface area contributed by atoms with E-state index in [-0.39, 0.29) is 0 Å². The van der Waals surface area contributed by atoms with Gasteiger partial charge in [0, 0.05) is 44.9 Å². The van der Waals surface area contributed by atoms with E-state index in [1.807, 2.05) is 0 Å². The van der Waals surface area contributed by atoms with Crippen LogP contribution in [0.1, 0.15) is 60.8 Å². The molecule has 5 heteroatoms. The first-order chi connectivity index (χ1) is 11.5. The molecule has 0 radical (unpaired) electrons. The van der Waals surface area contributed by atoms with Gasteiger partial charge in [0.1, 0.15) is 0 Å². The Kier molecular flexibility index (Phi) is 10.3. The summed E-state index contributed by atoms with van der Waals surface area (Å²) in [7, 11) is 0. The summed E-state index contributed by atoms with van der Waals surface area (Å²) in [5.41, 5.74) is 0. The average molecular weight is 341 g/mol. The summed E-state index contributed by atoms with van der Waals surface area (Å²) in [6.07, 6.45) is 3.66. The quantitative estimate of drug-likeness (QED) is 0.500.